The molecule has 0 aliphatic carbocycles. The van der Waals surface area contributed by atoms with Gasteiger partial charge in [0.15, 0.2) is 0 Å². The Labute approximate surface area is 141 Å². The van der Waals surface area contributed by atoms with Gasteiger partial charge < -0.3 is 10.2 Å². The van der Waals surface area contributed by atoms with Gasteiger partial charge in [0, 0.05) is 0 Å². The van der Waals surface area contributed by atoms with Crippen LogP contribution in [-0.2, 0) is 16.0 Å². The van der Waals surface area contributed by atoms with Crippen molar-refractivity contribution in [1.82, 2.24) is 0 Å². The molecule has 0 unspecified atom stereocenters. The van der Waals surface area contributed by atoms with Crippen LogP contribution in [0.25, 0.3) is 6.08 Å². The van der Waals surface area contributed by atoms with Crippen molar-refractivity contribution in [3.8, 4) is 0 Å². The molecule has 124 valence electrons. The zero-order chi connectivity index (χ0) is 17.4. The van der Waals surface area contributed by atoms with E-state index < -0.39 is 23.8 Å². The van der Waals surface area contributed by atoms with E-state index in [9.17, 15) is 19.8 Å². The van der Waals surface area contributed by atoms with Gasteiger partial charge in [0.05, 0.1) is 11.8 Å². The molecule has 2 N–H and O–H groups in total. The van der Waals surface area contributed by atoms with E-state index in [0.29, 0.717) is 0 Å². The molecule has 0 amide bonds. The van der Waals surface area contributed by atoms with Crippen LogP contribution in [0.2, 0.25) is 0 Å². The highest BCUT2D eigenvalue weighted by Crippen LogP contribution is 2.23. The molecule has 0 radical (unpaired) electrons. The average molecular weight is 324 g/mol. The molecule has 4 heteroatoms. The molecule has 0 saturated carbocycles. The molecule has 2 rings (SSSR count). The molecule has 0 spiro atoms. The monoisotopic (exact) mass is 324 g/mol. The SMILES string of the molecule is O=C(O)[C@@H](C/C=C/c1ccccc1)[C@H](Cc1ccccc1)C(=O)O. The third-order valence-electron chi connectivity index (χ3n) is 3.92. The number of carboxylic acid groups (broad SMARTS) is 2. The summed E-state index contributed by atoms with van der Waals surface area (Å²) in [6.45, 7) is 0. The first-order valence-electron chi connectivity index (χ1n) is 7.79. The first kappa shape index (κ1) is 17.5. The maximum atomic E-state index is 11.6. The Hall–Kier alpha value is -2.88. The quantitative estimate of drug-likeness (QED) is 0.776. The van der Waals surface area contributed by atoms with Gasteiger partial charge in [-0.2, -0.15) is 0 Å². The number of carbonyl (C=O) groups is 2. The maximum Gasteiger partial charge on any atom is 0.307 e. The van der Waals surface area contributed by atoms with Crippen LogP contribution in [0.4, 0.5) is 0 Å². The van der Waals surface area contributed by atoms with Gasteiger partial charge in [-0.1, -0.05) is 72.8 Å². The molecule has 0 aliphatic rings. The molecule has 2 aromatic rings. The molecule has 0 aliphatic heterocycles. The fraction of sp³-hybridized carbons (Fsp3) is 0.200. The standard InChI is InChI=1S/C20H20O4/c21-19(22)17(13-7-12-15-8-3-1-4-9-15)18(20(23)24)14-16-10-5-2-6-11-16/h1-12,17-18H,13-14H2,(H,21,22)(H,23,24)/b12-7+/t17-,18-/m0/s1. The van der Waals surface area contributed by atoms with E-state index in [2.05, 4.69) is 0 Å². The molecule has 0 fully saturated rings. The predicted molar refractivity (Wildman–Crippen MR) is 92.5 cm³/mol. The third kappa shape index (κ3) is 5.09. The molecule has 24 heavy (non-hydrogen) atoms. The van der Waals surface area contributed by atoms with Crippen molar-refractivity contribution in [2.45, 2.75) is 12.8 Å². The maximum absolute atomic E-state index is 11.6. The zero-order valence-corrected chi connectivity index (χ0v) is 13.2. The highest BCUT2D eigenvalue weighted by atomic mass is 16.4. The summed E-state index contributed by atoms with van der Waals surface area (Å²) >= 11 is 0. The summed E-state index contributed by atoms with van der Waals surface area (Å²) < 4.78 is 0. The second kappa shape index (κ2) is 8.67. The zero-order valence-electron chi connectivity index (χ0n) is 13.2. The summed E-state index contributed by atoms with van der Waals surface area (Å²) in [5.41, 5.74) is 1.78. The highest BCUT2D eigenvalue weighted by molar-refractivity contribution is 5.80. The third-order valence-corrected chi connectivity index (χ3v) is 3.92. The van der Waals surface area contributed by atoms with Crippen molar-refractivity contribution in [3.05, 3.63) is 77.9 Å². The molecule has 0 heterocycles. The number of hydrogen-bond donors (Lipinski definition) is 2. The Morgan fingerprint density at radius 3 is 1.92 bits per heavy atom. The van der Waals surface area contributed by atoms with Gasteiger partial charge in [0.2, 0.25) is 0 Å². The molecular formula is C20H20O4. The Kier molecular flexibility index (Phi) is 6.32. The summed E-state index contributed by atoms with van der Waals surface area (Å²) in [5.74, 6) is -4.11. The summed E-state index contributed by atoms with van der Waals surface area (Å²) in [4.78, 5) is 23.2. The van der Waals surface area contributed by atoms with Crippen molar-refractivity contribution in [3.63, 3.8) is 0 Å². The topological polar surface area (TPSA) is 74.6 Å². The van der Waals surface area contributed by atoms with Gasteiger partial charge in [-0.15, -0.1) is 0 Å². The second-order valence-corrected chi connectivity index (χ2v) is 5.63. The predicted octanol–water partition coefficient (Wildman–Crippen LogP) is 3.73. The van der Waals surface area contributed by atoms with Gasteiger partial charge in [-0.3, -0.25) is 9.59 Å². The lowest BCUT2D eigenvalue weighted by molar-refractivity contribution is -0.153. The first-order chi connectivity index (χ1) is 11.6. The van der Waals surface area contributed by atoms with Crippen LogP contribution in [0, 0.1) is 11.8 Å². The second-order valence-electron chi connectivity index (χ2n) is 5.63. The first-order valence-corrected chi connectivity index (χ1v) is 7.79. The van der Waals surface area contributed by atoms with Crippen molar-refractivity contribution in [1.29, 1.82) is 0 Å². The van der Waals surface area contributed by atoms with Crippen LogP contribution in [-0.4, -0.2) is 22.2 Å². The molecule has 0 bridgehead atoms. The number of rotatable bonds is 8. The molecule has 2 atom stereocenters. The normalized spacial score (nSPS) is 13.5. The van der Waals surface area contributed by atoms with Crippen molar-refractivity contribution in [2.24, 2.45) is 11.8 Å². The summed E-state index contributed by atoms with van der Waals surface area (Å²) in [7, 11) is 0. The summed E-state index contributed by atoms with van der Waals surface area (Å²) in [5, 5.41) is 19.0. The van der Waals surface area contributed by atoms with Crippen molar-refractivity contribution >= 4 is 18.0 Å². The lowest BCUT2D eigenvalue weighted by Gasteiger charge is -2.19. The van der Waals surface area contributed by atoms with E-state index in [1.165, 1.54) is 0 Å². The fourth-order valence-corrected chi connectivity index (χ4v) is 2.62. The average Bonchev–Trinajstić information content (AvgIpc) is 2.58. The van der Waals surface area contributed by atoms with Crippen LogP contribution < -0.4 is 0 Å². The van der Waals surface area contributed by atoms with Crippen LogP contribution in [0.15, 0.2) is 66.7 Å². The van der Waals surface area contributed by atoms with Gasteiger partial charge in [0.25, 0.3) is 0 Å². The van der Waals surface area contributed by atoms with E-state index >= 15 is 0 Å². The Morgan fingerprint density at radius 2 is 1.38 bits per heavy atom. The largest absolute Gasteiger partial charge is 0.481 e. The van der Waals surface area contributed by atoms with Crippen LogP contribution in [0.5, 0.6) is 0 Å². The summed E-state index contributed by atoms with van der Waals surface area (Å²) in [6, 6.07) is 18.6. The van der Waals surface area contributed by atoms with Gasteiger partial charge in [-0.25, -0.2) is 0 Å². The molecule has 4 nitrogen and oxygen atoms in total. The minimum Gasteiger partial charge on any atom is -0.481 e. The molecule has 0 aromatic heterocycles. The van der Waals surface area contributed by atoms with E-state index in [4.69, 9.17) is 0 Å². The molecule has 0 saturated heterocycles. The van der Waals surface area contributed by atoms with Crippen molar-refractivity contribution < 1.29 is 19.8 Å². The van der Waals surface area contributed by atoms with Gasteiger partial charge in [-0.05, 0) is 24.0 Å². The molecule has 2 aromatic carbocycles. The fourth-order valence-electron chi connectivity index (χ4n) is 2.62. The van der Waals surface area contributed by atoms with Crippen LogP contribution >= 0.6 is 0 Å². The van der Waals surface area contributed by atoms with E-state index in [-0.39, 0.29) is 12.8 Å². The minimum absolute atomic E-state index is 0.175. The Balaban J connectivity index is 2.12. The van der Waals surface area contributed by atoms with E-state index in [1.54, 1.807) is 6.08 Å². The number of benzene rings is 2. The number of aliphatic carboxylic acids is 2. The Bertz CT molecular complexity index is 692. The molecular weight excluding hydrogens is 304 g/mol. The van der Waals surface area contributed by atoms with Gasteiger partial charge in [0.1, 0.15) is 0 Å². The highest BCUT2D eigenvalue weighted by Gasteiger charge is 2.32. The number of carboxylic acids is 2. The summed E-state index contributed by atoms with van der Waals surface area (Å²) in [6.07, 6.45) is 3.92. The number of allylic oxidation sites excluding steroid dienone is 1. The lowest BCUT2D eigenvalue weighted by atomic mass is 9.84. The van der Waals surface area contributed by atoms with E-state index in [0.717, 1.165) is 11.1 Å². The van der Waals surface area contributed by atoms with E-state index in [1.807, 2.05) is 66.7 Å². The number of hydrogen-bond acceptors (Lipinski definition) is 2. The van der Waals surface area contributed by atoms with Crippen molar-refractivity contribution in [2.75, 3.05) is 0 Å². The van der Waals surface area contributed by atoms with Crippen LogP contribution in [0.3, 0.4) is 0 Å². The minimum atomic E-state index is -1.09. The Morgan fingerprint density at radius 1 is 0.833 bits per heavy atom. The van der Waals surface area contributed by atoms with Gasteiger partial charge >= 0.3 is 11.9 Å². The lowest BCUT2D eigenvalue weighted by Crippen LogP contribution is -2.31. The smallest absolute Gasteiger partial charge is 0.307 e. The van der Waals surface area contributed by atoms with Crippen LogP contribution in [0.1, 0.15) is 17.5 Å².